The van der Waals surface area contributed by atoms with E-state index in [2.05, 4.69) is 30.9 Å². The fourth-order valence-corrected chi connectivity index (χ4v) is 2.06. The van der Waals surface area contributed by atoms with Crippen LogP contribution in [-0.4, -0.2) is 39.8 Å². The average Bonchev–Trinajstić information content (AvgIpc) is 3.04. The topological polar surface area (TPSA) is 97.8 Å². The van der Waals surface area contributed by atoms with Gasteiger partial charge in [0.05, 0.1) is 20.8 Å². The van der Waals surface area contributed by atoms with Crippen molar-refractivity contribution in [3.05, 3.63) is 30.2 Å². The van der Waals surface area contributed by atoms with E-state index in [4.69, 9.17) is 9.47 Å². The van der Waals surface area contributed by atoms with E-state index in [0.29, 0.717) is 23.9 Å². The lowest BCUT2D eigenvalue weighted by Gasteiger charge is -2.11. The van der Waals surface area contributed by atoms with Gasteiger partial charge in [-0.05, 0) is 23.6 Å². The summed E-state index contributed by atoms with van der Waals surface area (Å²) in [5.74, 6) is 2.62. The van der Waals surface area contributed by atoms with Crippen LogP contribution in [0.1, 0.15) is 5.82 Å². The third-order valence-electron chi connectivity index (χ3n) is 3.07. The van der Waals surface area contributed by atoms with Gasteiger partial charge in [-0.3, -0.25) is 0 Å². The minimum Gasteiger partial charge on any atom is -0.493 e. The Morgan fingerprint density at radius 2 is 2.00 bits per heavy atom. The molecule has 108 valence electrons. The van der Waals surface area contributed by atoms with Crippen LogP contribution in [0.4, 0.5) is 5.82 Å². The number of benzene rings is 1. The second-order valence-electron chi connectivity index (χ2n) is 4.27. The summed E-state index contributed by atoms with van der Waals surface area (Å²) in [5.41, 5.74) is 0. The highest BCUT2D eigenvalue weighted by molar-refractivity contribution is 5.94. The zero-order valence-electron chi connectivity index (χ0n) is 11.6. The van der Waals surface area contributed by atoms with Crippen molar-refractivity contribution in [2.24, 2.45) is 0 Å². The summed E-state index contributed by atoms with van der Waals surface area (Å²) in [5, 5.41) is 18.8. The quantitative estimate of drug-likeness (QED) is 0.731. The van der Waals surface area contributed by atoms with Crippen LogP contribution < -0.4 is 14.8 Å². The van der Waals surface area contributed by atoms with Gasteiger partial charge in [-0.1, -0.05) is 5.21 Å². The molecule has 3 rings (SSSR count). The van der Waals surface area contributed by atoms with Gasteiger partial charge in [-0.25, -0.2) is 4.98 Å². The third kappa shape index (κ3) is 2.55. The molecule has 0 fully saturated rings. The highest BCUT2D eigenvalue weighted by atomic mass is 16.5. The van der Waals surface area contributed by atoms with E-state index in [1.807, 2.05) is 18.2 Å². The zero-order chi connectivity index (χ0) is 14.7. The molecule has 0 aliphatic carbocycles. The fraction of sp³-hybridized carbons (Fsp3) is 0.231. The lowest BCUT2D eigenvalue weighted by atomic mass is 10.1. The van der Waals surface area contributed by atoms with E-state index in [9.17, 15) is 0 Å². The number of fused-ring (bicyclic) bond motifs is 1. The minimum absolute atomic E-state index is 0.428. The highest BCUT2D eigenvalue weighted by Gasteiger charge is 2.10. The smallest absolute Gasteiger partial charge is 0.193 e. The molecule has 2 aromatic heterocycles. The first-order valence-corrected chi connectivity index (χ1v) is 6.28. The summed E-state index contributed by atoms with van der Waals surface area (Å²) in [6, 6.07) is 5.71. The summed E-state index contributed by atoms with van der Waals surface area (Å²) >= 11 is 0. The number of aromatic amines is 1. The van der Waals surface area contributed by atoms with Crippen LogP contribution in [0.2, 0.25) is 0 Å². The predicted octanol–water partition coefficient (Wildman–Crippen LogP) is 1.38. The molecule has 1 aromatic carbocycles. The van der Waals surface area contributed by atoms with E-state index in [1.54, 1.807) is 20.4 Å². The van der Waals surface area contributed by atoms with Crippen molar-refractivity contribution in [2.45, 2.75) is 6.54 Å². The summed E-state index contributed by atoms with van der Waals surface area (Å²) in [7, 11) is 3.22. The first kappa shape index (κ1) is 13.1. The van der Waals surface area contributed by atoms with Gasteiger partial charge in [0.15, 0.2) is 17.3 Å². The number of hydrogen-bond donors (Lipinski definition) is 2. The number of hydrogen-bond acceptors (Lipinski definition) is 7. The molecular formula is C13H14N6O2. The normalized spacial score (nSPS) is 10.6. The van der Waals surface area contributed by atoms with Crippen LogP contribution in [0.5, 0.6) is 11.5 Å². The molecule has 2 N–H and O–H groups in total. The fourth-order valence-electron chi connectivity index (χ4n) is 2.06. The number of tetrazole rings is 1. The van der Waals surface area contributed by atoms with Crippen LogP contribution in [0.3, 0.4) is 0 Å². The highest BCUT2D eigenvalue weighted by Crippen LogP contribution is 2.34. The maximum atomic E-state index is 5.33. The molecule has 3 aromatic rings. The molecule has 0 bridgehead atoms. The van der Waals surface area contributed by atoms with Crippen LogP contribution in [-0.2, 0) is 6.54 Å². The summed E-state index contributed by atoms with van der Waals surface area (Å²) < 4.78 is 10.6. The Labute approximate surface area is 120 Å². The van der Waals surface area contributed by atoms with Crippen molar-refractivity contribution >= 4 is 16.6 Å². The zero-order valence-corrected chi connectivity index (χ0v) is 11.6. The molecule has 0 aliphatic heterocycles. The molecule has 0 atom stereocenters. The molecule has 8 nitrogen and oxygen atoms in total. The lowest BCUT2D eigenvalue weighted by molar-refractivity contribution is 0.356. The molecule has 0 aliphatic rings. The molecule has 21 heavy (non-hydrogen) atoms. The molecular weight excluding hydrogens is 272 g/mol. The first-order chi connectivity index (χ1) is 10.3. The van der Waals surface area contributed by atoms with E-state index in [-0.39, 0.29) is 0 Å². The van der Waals surface area contributed by atoms with E-state index in [0.717, 1.165) is 16.6 Å². The maximum absolute atomic E-state index is 5.33. The van der Waals surface area contributed by atoms with Crippen molar-refractivity contribution < 1.29 is 9.47 Å². The number of anilines is 1. The average molecular weight is 286 g/mol. The van der Waals surface area contributed by atoms with Crippen molar-refractivity contribution in [3.8, 4) is 11.5 Å². The standard InChI is InChI=1S/C13H14N6O2/c1-20-10-5-8-3-4-14-13(9(8)6-11(10)21-2)15-7-12-16-18-19-17-12/h3-6H,7H2,1-2H3,(H,14,15)(H,16,17,18,19). The second kappa shape index (κ2) is 5.61. The first-order valence-electron chi connectivity index (χ1n) is 6.28. The molecule has 8 heteroatoms. The monoisotopic (exact) mass is 286 g/mol. The van der Waals surface area contributed by atoms with Gasteiger partial charge in [0.2, 0.25) is 0 Å². The van der Waals surface area contributed by atoms with Crippen LogP contribution >= 0.6 is 0 Å². The van der Waals surface area contributed by atoms with E-state index < -0.39 is 0 Å². The Balaban J connectivity index is 1.98. The van der Waals surface area contributed by atoms with Crippen LogP contribution in [0.25, 0.3) is 10.8 Å². The SMILES string of the molecule is COc1cc2ccnc(NCc3nn[nH]n3)c2cc1OC. The number of rotatable bonds is 5. The van der Waals surface area contributed by atoms with Crippen LogP contribution in [0.15, 0.2) is 24.4 Å². The van der Waals surface area contributed by atoms with Gasteiger partial charge in [-0.2, -0.15) is 5.21 Å². The Kier molecular flexibility index (Phi) is 3.50. The number of H-pyrrole nitrogens is 1. The number of nitrogens with zero attached hydrogens (tertiary/aromatic N) is 4. The van der Waals surface area contributed by atoms with E-state index in [1.165, 1.54) is 0 Å². The lowest BCUT2D eigenvalue weighted by Crippen LogP contribution is -2.04. The van der Waals surface area contributed by atoms with E-state index >= 15 is 0 Å². The van der Waals surface area contributed by atoms with Gasteiger partial charge in [-0.15, -0.1) is 10.2 Å². The number of methoxy groups -OCH3 is 2. The largest absolute Gasteiger partial charge is 0.493 e. The summed E-state index contributed by atoms with van der Waals surface area (Å²) in [4.78, 5) is 4.34. The van der Waals surface area contributed by atoms with Crippen molar-refractivity contribution in [1.29, 1.82) is 0 Å². The minimum atomic E-state index is 0.428. The molecule has 2 heterocycles. The maximum Gasteiger partial charge on any atom is 0.193 e. The molecule has 0 saturated heterocycles. The summed E-state index contributed by atoms with van der Waals surface area (Å²) in [6.45, 7) is 0.428. The Bertz CT molecular complexity index is 744. The molecule has 0 spiro atoms. The third-order valence-corrected chi connectivity index (χ3v) is 3.07. The second-order valence-corrected chi connectivity index (χ2v) is 4.27. The van der Waals surface area contributed by atoms with Crippen molar-refractivity contribution in [3.63, 3.8) is 0 Å². The number of ether oxygens (including phenoxy) is 2. The van der Waals surface area contributed by atoms with Crippen molar-refractivity contribution in [2.75, 3.05) is 19.5 Å². The Morgan fingerprint density at radius 1 is 1.19 bits per heavy atom. The Hall–Kier alpha value is -2.90. The van der Waals surface area contributed by atoms with Gasteiger partial charge >= 0.3 is 0 Å². The molecule has 0 radical (unpaired) electrons. The van der Waals surface area contributed by atoms with Gasteiger partial charge in [0.1, 0.15) is 5.82 Å². The predicted molar refractivity (Wildman–Crippen MR) is 76.4 cm³/mol. The summed E-state index contributed by atoms with van der Waals surface area (Å²) in [6.07, 6.45) is 1.73. The number of aromatic nitrogens is 5. The molecule has 0 amide bonds. The molecule has 0 saturated carbocycles. The molecule has 0 unspecified atom stereocenters. The van der Waals surface area contributed by atoms with Crippen LogP contribution in [0, 0.1) is 0 Å². The van der Waals surface area contributed by atoms with Gasteiger partial charge in [0.25, 0.3) is 0 Å². The van der Waals surface area contributed by atoms with Gasteiger partial charge < -0.3 is 14.8 Å². The Morgan fingerprint density at radius 3 is 2.71 bits per heavy atom. The van der Waals surface area contributed by atoms with Gasteiger partial charge in [0, 0.05) is 11.6 Å². The number of nitrogens with one attached hydrogen (secondary N) is 2. The number of pyridine rings is 1. The van der Waals surface area contributed by atoms with Crippen molar-refractivity contribution in [1.82, 2.24) is 25.6 Å².